The molecule has 0 aliphatic rings. The Morgan fingerprint density at radius 1 is 1.14 bits per heavy atom. The minimum atomic E-state index is -0.264. The van der Waals surface area contributed by atoms with Gasteiger partial charge in [0.15, 0.2) is 5.82 Å². The molecule has 0 aliphatic heterocycles. The second-order valence-corrected chi connectivity index (χ2v) is 5.81. The Hall–Kier alpha value is -1.81. The van der Waals surface area contributed by atoms with Crippen LogP contribution in [-0.2, 0) is 6.54 Å². The Balaban J connectivity index is 2.28. The molecule has 0 unspecified atom stereocenters. The van der Waals surface area contributed by atoms with Gasteiger partial charge in [0.2, 0.25) is 0 Å². The van der Waals surface area contributed by atoms with Crippen molar-refractivity contribution in [2.24, 2.45) is 5.92 Å². The number of aryl methyl sites for hydroxylation is 2. The van der Waals surface area contributed by atoms with Gasteiger partial charge in [0.05, 0.1) is 5.69 Å². The molecule has 21 heavy (non-hydrogen) atoms. The third kappa shape index (κ3) is 4.33. The van der Waals surface area contributed by atoms with Crippen LogP contribution in [-0.4, -0.2) is 16.5 Å². The molecule has 4 heteroatoms. The molecule has 0 saturated heterocycles. The van der Waals surface area contributed by atoms with Gasteiger partial charge in [-0.15, -0.1) is 0 Å². The zero-order chi connectivity index (χ0) is 15.4. The average molecular weight is 287 g/mol. The van der Waals surface area contributed by atoms with E-state index < -0.39 is 0 Å². The lowest BCUT2D eigenvalue weighted by molar-refractivity contribution is 0.548. The molecule has 1 N–H and O–H groups in total. The molecule has 0 aliphatic carbocycles. The Kier molecular flexibility index (Phi) is 5.02. The lowest BCUT2D eigenvalue weighted by Gasteiger charge is -2.10. The maximum Gasteiger partial charge on any atom is 0.160 e. The molecule has 1 aromatic heterocycles. The number of nitrogens with zero attached hydrogens (tertiary/aromatic N) is 2. The molecule has 2 rings (SSSR count). The molecule has 112 valence electrons. The van der Waals surface area contributed by atoms with Gasteiger partial charge in [0.25, 0.3) is 0 Å². The Bertz CT molecular complexity index is 623. The SMILES string of the molecule is Cc1cc(CNCC(C)C)nc(-c2cc(F)ccc2C)n1. The Morgan fingerprint density at radius 3 is 2.62 bits per heavy atom. The van der Waals surface area contributed by atoms with Crippen molar-refractivity contribution in [3.05, 3.63) is 47.0 Å². The fourth-order valence-corrected chi connectivity index (χ4v) is 2.17. The first-order chi connectivity index (χ1) is 9.95. The molecule has 3 nitrogen and oxygen atoms in total. The number of hydrogen-bond donors (Lipinski definition) is 1. The smallest absolute Gasteiger partial charge is 0.160 e. The van der Waals surface area contributed by atoms with E-state index in [9.17, 15) is 4.39 Å². The maximum atomic E-state index is 13.5. The van der Waals surface area contributed by atoms with E-state index in [1.165, 1.54) is 12.1 Å². The van der Waals surface area contributed by atoms with E-state index in [4.69, 9.17) is 0 Å². The van der Waals surface area contributed by atoms with Crippen molar-refractivity contribution >= 4 is 0 Å². The highest BCUT2D eigenvalue weighted by Crippen LogP contribution is 2.21. The van der Waals surface area contributed by atoms with E-state index in [0.717, 1.165) is 29.1 Å². The van der Waals surface area contributed by atoms with E-state index in [2.05, 4.69) is 29.1 Å². The predicted molar refractivity (Wildman–Crippen MR) is 83.4 cm³/mol. The van der Waals surface area contributed by atoms with Crippen molar-refractivity contribution in [1.82, 2.24) is 15.3 Å². The Labute approximate surface area is 125 Å². The largest absolute Gasteiger partial charge is 0.311 e. The average Bonchev–Trinajstić information content (AvgIpc) is 2.40. The third-order valence-corrected chi connectivity index (χ3v) is 3.21. The number of benzene rings is 1. The van der Waals surface area contributed by atoms with Crippen molar-refractivity contribution < 1.29 is 4.39 Å². The summed E-state index contributed by atoms with van der Waals surface area (Å²) in [5, 5.41) is 3.37. The van der Waals surface area contributed by atoms with Gasteiger partial charge in [-0.3, -0.25) is 0 Å². The van der Waals surface area contributed by atoms with Crippen LogP contribution in [0.4, 0.5) is 4.39 Å². The molecule has 0 amide bonds. The summed E-state index contributed by atoms with van der Waals surface area (Å²) in [5.74, 6) is 0.923. The van der Waals surface area contributed by atoms with E-state index in [0.29, 0.717) is 18.3 Å². The predicted octanol–water partition coefficient (Wildman–Crippen LogP) is 3.65. The molecule has 0 saturated carbocycles. The van der Waals surface area contributed by atoms with Crippen LogP contribution in [0.3, 0.4) is 0 Å². The van der Waals surface area contributed by atoms with Gasteiger partial charge >= 0.3 is 0 Å². The minimum Gasteiger partial charge on any atom is -0.311 e. The second-order valence-electron chi connectivity index (χ2n) is 5.81. The highest BCUT2D eigenvalue weighted by atomic mass is 19.1. The summed E-state index contributed by atoms with van der Waals surface area (Å²) in [6, 6.07) is 6.67. The molecular weight excluding hydrogens is 265 g/mol. The molecule has 0 bridgehead atoms. The van der Waals surface area contributed by atoms with E-state index in [1.54, 1.807) is 6.07 Å². The van der Waals surface area contributed by atoms with Gasteiger partial charge < -0.3 is 5.32 Å². The van der Waals surface area contributed by atoms with Crippen LogP contribution in [0.25, 0.3) is 11.4 Å². The number of halogens is 1. The topological polar surface area (TPSA) is 37.8 Å². The van der Waals surface area contributed by atoms with Crippen molar-refractivity contribution in [1.29, 1.82) is 0 Å². The third-order valence-electron chi connectivity index (χ3n) is 3.21. The first-order valence-corrected chi connectivity index (χ1v) is 7.27. The lowest BCUT2D eigenvalue weighted by atomic mass is 10.1. The first kappa shape index (κ1) is 15.6. The van der Waals surface area contributed by atoms with Gasteiger partial charge in [-0.05, 0) is 50.1 Å². The van der Waals surface area contributed by atoms with Crippen molar-refractivity contribution in [2.45, 2.75) is 34.2 Å². The number of hydrogen-bond acceptors (Lipinski definition) is 3. The first-order valence-electron chi connectivity index (χ1n) is 7.27. The fraction of sp³-hybridized carbons (Fsp3) is 0.412. The van der Waals surface area contributed by atoms with Crippen LogP contribution >= 0.6 is 0 Å². The van der Waals surface area contributed by atoms with Crippen LogP contribution < -0.4 is 5.32 Å². The van der Waals surface area contributed by atoms with Crippen molar-refractivity contribution in [2.75, 3.05) is 6.54 Å². The highest BCUT2D eigenvalue weighted by molar-refractivity contribution is 5.60. The molecule has 2 aromatic rings. The summed E-state index contributed by atoms with van der Waals surface area (Å²) >= 11 is 0. The van der Waals surface area contributed by atoms with Crippen LogP contribution in [0.5, 0.6) is 0 Å². The molecule has 0 atom stereocenters. The molecule has 1 heterocycles. The van der Waals surface area contributed by atoms with Crippen molar-refractivity contribution in [3.8, 4) is 11.4 Å². The Morgan fingerprint density at radius 2 is 1.90 bits per heavy atom. The summed E-state index contributed by atoms with van der Waals surface area (Å²) in [7, 11) is 0. The standard InChI is InChI=1S/C17H22FN3/c1-11(2)9-19-10-15-7-13(4)20-17(21-15)16-8-14(18)6-5-12(16)3/h5-8,11,19H,9-10H2,1-4H3. The summed E-state index contributed by atoms with van der Waals surface area (Å²) < 4.78 is 13.5. The number of aromatic nitrogens is 2. The second kappa shape index (κ2) is 6.76. The van der Waals surface area contributed by atoms with Crippen LogP contribution in [0.15, 0.2) is 24.3 Å². The van der Waals surface area contributed by atoms with Gasteiger partial charge in [0, 0.05) is 17.8 Å². The van der Waals surface area contributed by atoms with Gasteiger partial charge in [-0.25, -0.2) is 14.4 Å². The maximum absolute atomic E-state index is 13.5. The number of nitrogens with one attached hydrogen (secondary N) is 1. The van der Waals surface area contributed by atoms with Crippen LogP contribution in [0.2, 0.25) is 0 Å². The minimum absolute atomic E-state index is 0.264. The zero-order valence-electron chi connectivity index (χ0n) is 13.1. The molecule has 0 spiro atoms. The van der Waals surface area contributed by atoms with E-state index in [-0.39, 0.29) is 5.82 Å². The van der Waals surface area contributed by atoms with Gasteiger partial charge in [-0.2, -0.15) is 0 Å². The van der Waals surface area contributed by atoms with Crippen LogP contribution in [0.1, 0.15) is 30.8 Å². The molecular formula is C17H22FN3. The highest BCUT2D eigenvalue weighted by Gasteiger charge is 2.09. The summed E-state index contributed by atoms with van der Waals surface area (Å²) in [6.45, 7) is 9.85. The lowest BCUT2D eigenvalue weighted by Crippen LogP contribution is -2.20. The van der Waals surface area contributed by atoms with Gasteiger partial charge in [0.1, 0.15) is 5.82 Å². The van der Waals surface area contributed by atoms with Gasteiger partial charge in [-0.1, -0.05) is 19.9 Å². The van der Waals surface area contributed by atoms with Crippen LogP contribution in [0, 0.1) is 25.6 Å². The van der Waals surface area contributed by atoms with E-state index in [1.807, 2.05) is 19.9 Å². The molecule has 1 aromatic carbocycles. The zero-order valence-corrected chi connectivity index (χ0v) is 13.1. The summed E-state index contributed by atoms with van der Waals surface area (Å²) in [6.07, 6.45) is 0. The molecule has 0 fully saturated rings. The summed E-state index contributed by atoms with van der Waals surface area (Å²) in [5.41, 5.74) is 3.55. The number of rotatable bonds is 5. The van der Waals surface area contributed by atoms with Crippen molar-refractivity contribution in [3.63, 3.8) is 0 Å². The molecule has 0 radical (unpaired) electrons. The van der Waals surface area contributed by atoms with E-state index >= 15 is 0 Å². The quantitative estimate of drug-likeness (QED) is 0.912. The monoisotopic (exact) mass is 287 g/mol. The fourth-order valence-electron chi connectivity index (χ4n) is 2.17. The summed E-state index contributed by atoms with van der Waals surface area (Å²) in [4.78, 5) is 9.01. The normalized spacial score (nSPS) is 11.1.